The summed E-state index contributed by atoms with van der Waals surface area (Å²) in [6.07, 6.45) is 3.34. The highest BCUT2D eigenvalue weighted by Crippen LogP contribution is 2.24. The van der Waals surface area contributed by atoms with Gasteiger partial charge >= 0.3 is 0 Å². The summed E-state index contributed by atoms with van der Waals surface area (Å²) >= 11 is 0. The van der Waals surface area contributed by atoms with E-state index in [1.54, 1.807) is 31.6 Å². The fourth-order valence-electron chi connectivity index (χ4n) is 1.42. The van der Waals surface area contributed by atoms with E-state index < -0.39 is 0 Å². The molecule has 0 aliphatic heterocycles. The Hall–Kier alpha value is -2.37. The average molecular weight is 231 g/mol. The van der Waals surface area contributed by atoms with Crippen molar-refractivity contribution in [2.45, 2.75) is 0 Å². The fourth-order valence-corrected chi connectivity index (χ4v) is 1.42. The monoisotopic (exact) mass is 231 g/mol. The van der Waals surface area contributed by atoms with Gasteiger partial charge in [0.15, 0.2) is 0 Å². The maximum absolute atomic E-state index is 5.79. The second-order valence-electron chi connectivity index (χ2n) is 3.34. The van der Waals surface area contributed by atoms with Crippen LogP contribution in [0.25, 0.3) is 11.3 Å². The lowest BCUT2D eigenvalue weighted by atomic mass is 10.2. The predicted octanol–water partition coefficient (Wildman–Crippen LogP) is 1.17. The Labute approximate surface area is 98.9 Å². The topological polar surface area (TPSA) is 86.0 Å². The molecule has 0 bridgehead atoms. The highest BCUT2D eigenvalue weighted by atomic mass is 16.5. The van der Waals surface area contributed by atoms with Crippen LogP contribution in [-0.2, 0) is 0 Å². The summed E-state index contributed by atoms with van der Waals surface area (Å²) in [7, 11) is 3.29. The van der Waals surface area contributed by atoms with Crippen LogP contribution in [0.4, 0.5) is 11.6 Å². The number of aromatic nitrogens is 3. The third-order valence-electron chi connectivity index (χ3n) is 2.25. The van der Waals surface area contributed by atoms with Crippen LogP contribution < -0.4 is 15.8 Å². The number of anilines is 2. The summed E-state index contributed by atoms with van der Waals surface area (Å²) < 4.78 is 5.00. The third kappa shape index (κ3) is 2.25. The molecule has 2 rings (SSSR count). The van der Waals surface area contributed by atoms with Gasteiger partial charge in [0.05, 0.1) is 18.5 Å². The van der Waals surface area contributed by atoms with E-state index in [2.05, 4.69) is 20.3 Å². The molecule has 0 radical (unpaired) electrons. The number of hydrogen-bond acceptors (Lipinski definition) is 6. The number of methoxy groups -OCH3 is 1. The Morgan fingerprint density at radius 2 is 2.18 bits per heavy atom. The van der Waals surface area contributed by atoms with Crippen molar-refractivity contribution in [3.05, 3.63) is 24.5 Å². The molecule has 2 aromatic rings. The first kappa shape index (κ1) is 11.1. The molecule has 0 atom stereocenters. The van der Waals surface area contributed by atoms with Crippen LogP contribution >= 0.6 is 0 Å². The lowest BCUT2D eigenvalue weighted by Crippen LogP contribution is -1.99. The predicted molar refractivity (Wildman–Crippen MR) is 65.8 cm³/mol. The molecule has 3 N–H and O–H groups in total. The highest BCUT2D eigenvalue weighted by Gasteiger charge is 2.06. The van der Waals surface area contributed by atoms with Gasteiger partial charge in [-0.25, -0.2) is 15.0 Å². The van der Waals surface area contributed by atoms with Crippen molar-refractivity contribution in [2.24, 2.45) is 0 Å². The Morgan fingerprint density at radius 3 is 2.82 bits per heavy atom. The van der Waals surface area contributed by atoms with Gasteiger partial charge in [0.1, 0.15) is 0 Å². The van der Waals surface area contributed by atoms with Crippen molar-refractivity contribution < 1.29 is 4.74 Å². The molecule has 0 saturated carbocycles. The molecular formula is C11H13N5O. The number of nitrogens with one attached hydrogen (secondary N) is 1. The van der Waals surface area contributed by atoms with Crippen LogP contribution in [0.1, 0.15) is 0 Å². The van der Waals surface area contributed by atoms with E-state index in [1.165, 1.54) is 7.11 Å². The molecule has 0 aliphatic rings. The minimum absolute atomic E-state index is 0.414. The molecule has 6 heteroatoms. The van der Waals surface area contributed by atoms with Crippen LogP contribution in [0.15, 0.2) is 24.5 Å². The van der Waals surface area contributed by atoms with E-state index in [-0.39, 0.29) is 0 Å². The van der Waals surface area contributed by atoms with Gasteiger partial charge in [0, 0.05) is 25.0 Å². The van der Waals surface area contributed by atoms with Crippen LogP contribution in [-0.4, -0.2) is 29.1 Å². The van der Waals surface area contributed by atoms with Crippen molar-refractivity contribution in [2.75, 3.05) is 25.2 Å². The fraction of sp³-hybridized carbons (Fsp3) is 0.182. The van der Waals surface area contributed by atoms with Gasteiger partial charge in [0.25, 0.3) is 0 Å². The summed E-state index contributed by atoms with van der Waals surface area (Å²) in [6.45, 7) is 0. The Balaban J connectivity index is 2.42. The van der Waals surface area contributed by atoms with Crippen molar-refractivity contribution in [3.8, 4) is 17.1 Å². The van der Waals surface area contributed by atoms with Gasteiger partial charge in [0.2, 0.25) is 11.8 Å². The first-order valence-electron chi connectivity index (χ1n) is 5.05. The molecule has 0 amide bonds. The standard InChI is InChI=1S/C11H13N5O/c1-13-11-14-4-3-9(16-11)7-5-8(12)10(17-2)15-6-7/h3-6H,12H2,1-2H3,(H,13,14,16). The molecule has 0 fully saturated rings. The molecule has 2 aromatic heterocycles. The zero-order chi connectivity index (χ0) is 12.3. The summed E-state index contributed by atoms with van der Waals surface area (Å²) in [5, 5.41) is 2.88. The summed E-state index contributed by atoms with van der Waals surface area (Å²) in [5.74, 6) is 0.966. The number of hydrogen-bond donors (Lipinski definition) is 2. The number of nitrogen functional groups attached to an aromatic ring is 1. The minimum atomic E-state index is 0.414. The van der Waals surface area contributed by atoms with Gasteiger partial charge < -0.3 is 15.8 Å². The van der Waals surface area contributed by atoms with Gasteiger partial charge in [-0.2, -0.15) is 0 Å². The van der Waals surface area contributed by atoms with Gasteiger partial charge in [-0.15, -0.1) is 0 Å². The molecule has 0 saturated heterocycles. The van der Waals surface area contributed by atoms with E-state index in [9.17, 15) is 0 Å². The molecule has 17 heavy (non-hydrogen) atoms. The Morgan fingerprint density at radius 1 is 1.35 bits per heavy atom. The average Bonchev–Trinajstić information content (AvgIpc) is 2.38. The lowest BCUT2D eigenvalue weighted by molar-refractivity contribution is 0.400. The number of nitrogens with two attached hydrogens (primary N) is 1. The quantitative estimate of drug-likeness (QED) is 0.824. The molecule has 0 aromatic carbocycles. The summed E-state index contributed by atoms with van der Waals surface area (Å²) in [5.41, 5.74) is 7.85. The van der Waals surface area contributed by atoms with Gasteiger partial charge in [-0.05, 0) is 12.1 Å². The minimum Gasteiger partial charge on any atom is -0.480 e. The maximum Gasteiger partial charge on any atom is 0.236 e. The third-order valence-corrected chi connectivity index (χ3v) is 2.25. The molecule has 2 heterocycles. The molecule has 0 unspecified atom stereocenters. The van der Waals surface area contributed by atoms with E-state index in [0.29, 0.717) is 17.5 Å². The summed E-state index contributed by atoms with van der Waals surface area (Å²) in [4.78, 5) is 12.4. The Bertz CT molecular complexity index is 529. The zero-order valence-corrected chi connectivity index (χ0v) is 9.64. The number of ether oxygens (including phenoxy) is 1. The second-order valence-corrected chi connectivity index (χ2v) is 3.34. The van der Waals surface area contributed by atoms with Crippen LogP contribution in [0, 0.1) is 0 Å². The van der Waals surface area contributed by atoms with Crippen molar-refractivity contribution in [1.82, 2.24) is 15.0 Å². The first-order valence-corrected chi connectivity index (χ1v) is 5.05. The van der Waals surface area contributed by atoms with E-state index in [0.717, 1.165) is 11.3 Å². The van der Waals surface area contributed by atoms with Crippen molar-refractivity contribution >= 4 is 11.6 Å². The summed E-state index contributed by atoms with van der Waals surface area (Å²) in [6, 6.07) is 3.57. The largest absolute Gasteiger partial charge is 0.480 e. The maximum atomic E-state index is 5.79. The number of nitrogens with zero attached hydrogens (tertiary/aromatic N) is 3. The first-order chi connectivity index (χ1) is 8.24. The van der Waals surface area contributed by atoms with Crippen molar-refractivity contribution in [3.63, 3.8) is 0 Å². The molecule has 0 aliphatic carbocycles. The van der Waals surface area contributed by atoms with E-state index in [4.69, 9.17) is 10.5 Å². The van der Waals surface area contributed by atoms with Crippen LogP contribution in [0.3, 0.4) is 0 Å². The molecule has 88 valence electrons. The van der Waals surface area contributed by atoms with Crippen LogP contribution in [0.2, 0.25) is 0 Å². The smallest absolute Gasteiger partial charge is 0.236 e. The normalized spacial score (nSPS) is 10.0. The van der Waals surface area contributed by atoms with E-state index >= 15 is 0 Å². The molecular weight excluding hydrogens is 218 g/mol. The van der Waals surface area contributed by atoms with Crippen LogP contribution in [0.5, 0.6) is 5.88 Å². The second kappa shape index (κ2) is 4.65. The van der Waals surface area contributed by atoms with Crippen molar-refractivity contribution in [1.29, 1.82) is 0 Å². The van der Waals surface area contributed by atoms with Gasteiger partial charge in [-0.3, -0.25) is 0 Å². The lowest BCUT2D eigenvalue weighted by Gasteiger charge is -2.06. The number of rotatable bonds is 3. The molecule has 0 spiro atoms. The molecule has 6 nitrogen and oxygen atoms in total. The number of pyridine rings is 1. The van der Waals surface area contributed by atoms with Gasteiger partial charge in [-0.1, -0.05) is 0 Å². The zero-order valence-electron chi connectivity index (χ0n) is 9.64. The van der Waals surface area contributed by atoms with E-state index in [1.807, 2.05) is 0 Å². The Kier molecular flexibility index (Phi) is 3.04. The highest BCUT2D eigenvalue weighted by molar-refractivity contribution is 5.65. The SMILES string of the molecule is CNc1nccc(-c2cnc(OC)c(N)c2)n1.